The number of amides is 1. The van der Waals surface area contributed by atoms with Crippen molar-refractivity contribution in [1.82, 2.24) is 10.3 Å². The van der Waals surface area contributed by atoms with Gasteiger partial charge in [-0.15, -0.1) is 0 Å². The minimum atomic E-state index is -0.932. The van der Waals surface area contributed by atoms with E-state index in [-0.39, 0.29) is 11.6 Å². The van der Waals surface area contributed by atoms with E-state index in [0.29, 0.717) is 29.7 Å². The number of rotatable bonds is 6. The van der Waals surface area contributed by atoms with Crippen LogP contribution in [-0.4, -0.2) is 40.2 Å². The Bertz CT molecular complexity index is 454. The summed E-state index contributed by atoms with van der Waals surface area (Å²) in [7, 11) is -0.932. The molecule has 18 heavy (non-hydrogen) atoms. The number of nitrogens with zero attached hydrogens (tertiary/aromatic N) is 1. The molecule has 1 atom stereocenters. The van der Waals surface area contributed by atoms with E-state index in [1.165, 1.54) is 0 Å². The van der Waals surface area contributed by atoms with Gasteiger partial charge < -0.3 is 10.6 Å². The smallest absolute Gasteiger partial charge is 0.271 e. The summed E-state index contributed by atoms with van der Waals surface area (Å²) in [6, 6.07) is 3.34. The van der Waals surface area contributed by atoms with Crippen molar-refractivity contribution in [3.05, 3.63) is 22.8 Å². The predicted molar refractivity (Wildman–Crippen MR) is 74.7 cm³/mol. The van der Waals surface area contributed by atoms with Crippen LogP contribution in [-0.2, 0) is 10.8 Å². The van der Waals surface area contributed by atoms with Crippen LogP contribution in [0.5, 0.6) is 0 Å². The van der Waals surface area contributed by atoms with Crippen molar-refractivity contribution in [3.63, 3.8) is 0 Å². The van der Waals surface area contributed by atoms with E-state index < -0.39 is 10.8 Å². The van der Waals surface area contributed by atoms with Gasteiger partial charge in [0, 0.05) is 35.9 Å². The molecule has 1 aromatic rings. The van der Waals surface area contributed by atoms with Crippen LogP contribution < -0.4 is 10.6 Å². The molecule has 1 rings (SSSR count). The van der Waals surface area contributed by atoms with Gasteiger partial charge in [-0.1, -0.05) is 11.6 Å². The highest BCUT2D eigenvalue weighted by Crippen LogP contribution is 2.16. The van der Waals surface area contributed by atoms with Crippen LogP contribution in [0.4, 0.5) is 5.82 Å². The second-order valence-electron chi connectivity index (χ2n) is 3.59. The molecule has 1 amide bonds. The number of halogens is 1. The molecule has 0 bridgehead atoms. The van der Waals surface area contributed by atoms with Gasteiger partial charge in [0.2, 0.25) is 0 Å². The van der Waals surface area contributed by atoms with Gasteiger partial charge in [-0.3, -0.25) is 9.00 Å². The number of hydrogen-bond acceptors (Lipinski definition) is 4. The van der Waals surface area contributed by atoms with Gasteiger partial charge in [0.1, 0.15) is 11.5 Å². The number of nitrogens with one attached hydrogen (secondary N) is 2. The van der Waals surface area contributed by atoms with Crippen LogP contribution in [0, 0.1) is 0 Å². The molecule has 5 nitrogen and oxygen atoms in total. The van der Waals surface area contributed by atoms with E-state index in [0.717, 1.165) is 0 Å². The fraction of sp³-hybridized carbons (Fsp3) is 0.455. The fourth-order valence-corrected chi connectivity index (χ4v) is 1.85. The topological polar surface area (TPSA) is 71.1 Å². The Labute approximate surface area is 114 Å². The molecule has 0 spiro atoms. The van der Waals surface area contributed by atoms with Crippen LogP contribution in [0.3, 0.4) is 0 Å². The molecule has 100 valence electrons. The second-order valence-corrected chi connectivity index (χ2v) is 5.55. The first kappa shape index (κ1) is 14.9. The first-order valence-corrected chi connectivity index (χ1v) is 7.63. The lowest BCUT2D eigenvalue weighted by Crippen LogP contribution is -2.28. The monoisotopic (exact) mass is 289 g/mol. The van der Waals surface area contributed by atoms with Crippen molar-refractivity contribution in [3.8, 4) is 0 Å². The summed E-state index contributed by atoms with van der Waals surface area (Å²) in [6.45, 7) is 2.99. The minimum Gasteiger partial charge on any atom is -0.370 e. The van der Waals surface area contributed by atoms with E-state index >= 15 is 0 Å². The van der Waals surface area contributed by atoms with Gasteiger partial charge in [-0.25, -0.2) is 4.98 Å². The van der Waals surface area contributed by atoms with Gasteiger partial charge >= 0.3 is 0 Å². The maximum atomic E-state index is 11.8. The van der Waals surface area contributed by atoms with Crippen LogP contribution in [0.2, 0.25) is 5.02 Å². The third-order valence-corrected chi connectivity index (χ3v) is 3.18. The predicted octanol–water partition coefficient (Wildman–Crippen LogP) is 1.28. The van der Waals surface area contributed by atoms with Crippen molar-refractivity contribution in [1.29, 1.82) is 0 Å². The van der Waals surface area contributed by atoms with E-state index in [9.17, 15) is 9.00 Å². The highest BCUT2D eigenvalue weighted by molar-refractivity contribution is 7.84. The van der Waals surface area contributed by atoms with Crippen molar-refractivity contribution in [2.24, 2.45) is 0 Å². The SMILES string of the molecule is CCNc1ccc(Cl)c(C(=O)NCCS(C)=O)n1. The van der Waals surface area contributed by atoms with Crippen molar-refractivity contribution in [2.75, 3.05) is 30.4 Å². The summed E-state index contributed by atoms with van der Waals surface area (Å²) < 4.78 is 10.9. The molecule has 1 unspecified atom stereocenters. The summed E-state index contributed by atoms with van der Waals surface area (Å²) in [5, 5.41) is 5.94. The van der Waals surface area contributed by atoms with Gasteiger partial charge in [0.05, 0.1) is 5.02 Å². The second kappa shape index (κ2) is 7.33. The zero-order chi connectivity index (χ0) is 13.5. The summed E-state index contributed by atoms with van der Waals surface area (Å²) in [6.07, 6.45) is 1.59. The Morgan fingerprint density at radius 1 is 1.50 bits per heavy atom. The van der Waals surface area contributed by atoms with Gasteiger partial charge in [-0.05, 0) is 19.1 Å². The molecule has 0 saturated carbocycles. The third kappa shape index (κ3) is 4.62. The maximum Gasteiger partial charge on any atom is 0.271 e. The summed E-state index contributed by atoms with van der Waals surface area (Å²) >= 11 is 5.92. The van der Waals surface area contributed by atoms with E-state index in [2.05, 4.69) is 15.6 Å². The number of carbonyl (C=O) groups is 1. The zero-order valence-electron chi connectivity index (χ0n) is 10.3. The Kier molecular flexibility index (Phi) is 6.07. The molecular weight excluding hydrogens is 274 g/mol. The largest absolute Gasteiger partial charge is 0.370 e. The minimum absolute atomic E-state index is 0.178. The van der Waals surface area contributed by atoms with E-state index in [1.807, 2.05) is 6.92 Å². The number of pyridine rings is 1. The number of carbonyl (C=O) groups excluding carboxylic acids is 1. The number of hydrogen-bond donors (Lipinski definition) is 2. The molecule has 0 radical (unpaired) electrons. The molecular formula is C11H16ClN3O2S. The Balaban J connectivity index is 2.71. The first-order valence-electron chi connectivity index (χ1n) is 5.53. The zero-order valence-corrected chi connectivity index (χ0v) is 11.9. The maximum absolute atomic E-state index is 11.8. The molecule has 0 aromatic carbocycles. The van der Waals surface area contributed by atoms with Crippen LogP contribution in [0.1, 0.15) is 17.4 Å². The fourth-order valence-electron chi connectivity index (χ4n) is 1.27. The average molecular weight is 290 g/mol. The van der Waals surface area contributed by atoms with E-state index in [4.69, 9.17) is 11.6 Å². The van der Waals surface area contributed by atoms with Gasteiger partial charge in [0.15, 0.2) is 0 Å². The Morgan fingerprint density at radius 3 is 2.83 bits per heavy atom. The van der Waals surface area contributed by atoms with Crippen LogP contribution in [0.15, 0.2) is 12.1 Å². The highest BCUT2D eigenvalue weighted by atomic mass is 35.5. The van der Waals surface area contributed by atoms with Gasteiger partial charge in [-0.2, -0.15) is 0 Å². The average Bonchev–Trinajstić information content (AvgIpc) is 2.31. The van der Waals surface area contributed by atoms with Gasteiger partial charge in [0.25, 0.3) is 5.91 Å². The summed E-state index contributed by atoms with van der Waals surface area (Å²) in [4.78, 5) is 15.9. The first-order chi connectivity index (χ1) is 8.54. The molecule has 1 aromatic heterocycles. The summed E-state index contributed by atoms with van der Waals surface area (Å²) in [5.74, 6) is 0.660. The normalized spacial score (nSPS) is 11.9. The third-order valence-electron chi connectivity index (χ3n) is 2.09. The molecule has 0 fully saturated rings. The molecule has 7 heteroatoms. The number of anilines is 1. The van der Waals surface area contributed by atoms with Crippen molar-refractivity contribution >= 4 is 34.1 Å². The molecule has 0 aliphatic carbocycles. The molecule has 2 N–H and O–H groups in total. The Hall–Kier alpha value is -1.14. The lowest BCUT2D eigenvalue weighted by molar-refractivity contribution is 0.0951. The molecule has 0 saturated heterocycles. The summed E-state index contributed by atoms with van der Waals surface area (Å²) in [5.41, 5.74) is 0.178. The lowest BCUT2D eigenvalue weighted by Gasteiger charge is -2.08. The molecule has 0 aliphatic rings. The van der Waals surface area contributed by atoms with Crippen molar-refractivity contribution in [2.45, 2.75) is 6.92 Å². The highest BCUT2D eigenvalue weighted by Gasteiger charge is 2.12. The van der Waals surface area contributed by atoms with E-state index in [1.54, 1.807) is 18.4 Å². The quantitative estimate of drug-likeness (QED) is 0.827. The Morgan fingerprint density at radius 2 is 2.22 bits per heavy atom. The molecule has 0 aliphatic heterocycles. The molecule has 1 heterocycles. The standard InChI is InChI=1S/C11H16ClN3O2S/c1-3-13-9-5-4-8(12)10(15-9)11(16)14-6-7-18(2)17/h4-5H,3,6-7H2,1-2H3,(H,13,15)(H,14,16). The van der Waals surface area contributed by atoms with Crippen LogP contribution in [0.25, 0.3) is 0 Å². The number of aromatic nitrogens is 1. The van der Waals surface area contributed by atoms with Crippen molar-refractivity contribution < 1.29 is 9.00 Å². The van der Waals surface area contributed by atoms with Crippen LogP contribution >= 0.6 is 11.6 Å². The lowest BCUT2D eigenvalue weighted by atomic mass is 10.3.